The molecule has 2 heteroatoms. The Morgan fingerprint density at radius 1 is 1.00 bits per heavy atom. The number of nitrogens with zero attached hydrogens (tertiary/aromatic N) is 1. The van der Waals surface area contributed by atoms with Crippen molar-refractivity contribution in [2.24, 2.45) is 0 Å². The Kier molecular flexibility index (Phi) is 2.34. The maximum absolute atomic E-state index is 12.4. The summed E-state index contributed by atoms with van der Waals surface area (Å²) in [6.45, 7) is 4.81. The maximum Gasteiger partial charge on any atom is 0.208 e. The largest absolute Gasteiger partial charge is 0.357 e. The highest BCUT2D eigenvalue weighted by Crippen LogP contribution is 2.41. The van der Waals surface area contributed by atoms with Crippen molar-refractivity contribution in [2.75, 3.05) is 0 Å². The standard InChI is InChI=1S/C18H15NO/c1-12-18(20)16-9-5-4-8-15(16)17-10-13-6-2-3-7-14(13)11-19(12)17/h2-9,17H,1,10-11H2. The van der Waals surface area contributed by atoms with Crippen LogP contribution in [0.1, 0.15) is 33.1 Å². The molecule has 0 saturated heterocycles. The zero-order valence-electron chi connectivity index (χ0n) is 11.2. The van der Waals surface area contributed by atoms with Crippen molar-refractivity contribution in [3.05, 3.63) is 83.1 Å². The first-order valence-corrected chi connectivity index (χ1v) is 6.91. The molecule has 4 rings (SSSR count). The Morgan fingerprint density at radius 2 is 1.70 bits per heavy atom. The van der Waals surface area contributed by atoms with Gasteiger partial charge in [-0.05, 0) is 23.1 Å². The normalized spacial score (nSPS) is 20.2. The summed E-state index contributed by atoms with van der Waals surface area (Å²) in [4.78, 5) is 14.6. The zero-order valence-corrected chi connectivity index (χ0v) is 11.2. The minimum atomic E-state index is 0.0660. The summed E-state index contributed by atoms with van der Waals surface area (Å²) in [6, 6.07) is 16.6. The quantitative estimate of drug-likeness (QED) is 0.676. The van der Waals surface area contributed by atoms with Gasteiger partial charge in [0.15, 0.2) is 0 Å². The van der Waals surface area contributed by atoms with Gasteiger partial charge in [-0.3, -0.25) is 4.79 Å². The molecular weight excluding hydrogens is 246 g/mol. The van der Waals surface area contributed by atoms with Crippen molar-refractivity contribution >= 4 is 5.78 Å². The first-order chi connectivity index (χ1) is 9.75. The summed E-state index contributed by atoms with van der Waals surface area (Å²) >= 11 is 0. The zero-order chi connectivity index (χ0) is 13.7. The molecule has 2 aliphatic heterocycles. The number of Topliss-reactive ketones (excluding diaryl/α,β-unsaturated/α-hetero) is 1. The molecule has 2 aromatic carbocycles. The molecule has 98 valence electrons. The second-order valence-corrected chi connectivity index (χ2v) is 5.48. The van der Waals surface area contributed by atoms with Crippen LogP contribution in [0.5, 0.6) is 0 Å². The molecule has 2 aliphatic rings. The summed E-state index contributed by atoms with van der Waals surface area (Å²) in [5.41, 5.74) is 5.27. The van der Waals surface area contributed by atoms with Crippen molar-refractivity contribution in [3.63, 3.8) is 0 Å². The van der Waals surface area contributed by atoms with E-state index in [2.05, 4.69) is 41.8 Å². The van der Waals surface area contributed by atoms with Gasteiger partial charge in [0.2, 0.25) is 5.78 Å². The smallest absolute Gasteiger partial charge is 0.208 e. The summed E-state index contributed by atoms with van der Waals surface area (Å²) in [6.07, 6.45) is 0.944. The van der Waals surface area contributed by atoms with Gasteiger partial charge in [0.1, 0.15) is 0 Å². The lowest BCUT2D eigenvalue weighted by Crippen LogP contribution is -2.40. The third kappa shape index (κ3) is 1.48. The Labute approximate surface area is 118 Å². The fraction of sp³-hybridized carbons (Fsp3) is 0.167. The highest BCUT2D eigenvalue weighted by atomic mass is 16.1. The highest BCUT2D eigenvalue weighted by Gasteiger charge is 2.37. The van der Waals surface area contributed by atoms with Crippen LogP contribution in [0.2, 0.25) is 0 Å². The highest BCUT2D eigenvalue weighted by molar-refractivity contribution is 6.10. The molecule has 0 fully saturated rings. The molecule has 0 saturated carbocycles. The van der Waals surface area contributed by atoms with Gasteiger partial charge < -0.3 is 4.90 Å². The number of carbonyl (C=O) groups is 1. The van der Waals surface area contributed by atoms with Gasteiger partial charge in [0.25, 0.3) is 0 Å². The van der Waals surface area contributed by atoms with Crippen LogP contribution in [0.25, 0.3) is 0 Å². The Balaban J connectivity index is 1.89. The molecule has 20 heavy (non-hydrogen) atoms. The molecule has 0 spiro atoms. The predicted molar refractivity (Wildman–Crippen MR) is 78.3 cm³/mol. The Bertz CT molecular complexity index is 732. The van der Waals surface area contributed by atoms with Crippen LogP contribution < -0.4 is 0 Å². The molecule has 0 amide bonds. The third-order valence-electron chi connectivity index (χ3n) is 4.42. The Hall–Kier alpha value is -2.35. The van der Waals surface area contributed by atoms with Gasteiger partial charge >= 0.3 is 0 Å². The monoisotopic (exact) mass is 261 g/mol. The van der Waals surface area contributed by atoms with Gasteiger partial charge in [-0.1, -0.05) is 55.1 Å². The van der Waals surface area contributed by atoms with Crippen LogP contribution in [0.4, 0.5) is 0 Å². The number of hydrogen-bond acceptors (Lipinski definition) is 2. The van der Waals surface area contributed by atoms with E-state index >= 15 is 0 Å². The first-order valence-electron chi connectivity index (χ1n) is 6.91. The number of carbonyl (C=O) groups excluding carboxylic acids is 1. The number of fused-ring (bicyclic) bond motifs is 4. The summed E-state index contributed by atoms with van der Waals surface area (Å²) in [5, 5.41) is 0. The molecule has 0 aliphatic carbocycles. The fourth-order valence-electron chi connectivity index (χ4n) is 3.36. The van der Waals surface area contributed by atoms with Crippen LogP contribution in [0.15, 0.2) is 60.8 Å². The molecule has 2 nitrogen and oxygen atoms in total. The lowest BCUT2D eigenvalue weighted by atomic mass is 9.83. The number of rotatable bonds is 0. The van der Waals surface area contributed by atoms with Crippen LogP contribution >= 0.6 is 0 Å². The van der Waals surface area contributed by atoms with Gasteiger partial charge in [0.05, 0.1) is 11.7 Å². The number of benzene rings is 2. The average molecular weight is 261 g/mol. The van der Waals surface area contributed by atoms with E-state index in [0.29, 0.717) is 5.70 Å². The molecule has 1 atom stereocenters. The van der Waals surface area contributed by atoms with E-state index in [9.17, 15) is 4.79 Å². The summed E-state index contributed by atoms with van der Waals surface area (Å²) < 4.78 is 0. The van der Waals surface area contributed by atoms with Crippen molar-refractivity contribution in [2.45, 2.75) is 19.0 Å². The second-order valence-electron chi connectivity index (χ2n) is 5.48. The van der Waals surface area contributed by atoms with E-state index in [0.717, 1.165) is 24.1 Å². The first kappa shape index (κ1) is 11.5. The number of allylic oxidation sites excluding steroid dienone is 1. The van der Waals surface area contributed by atoms with Gasteiger partial charge in [-0.25, -0.2) is 0 Å². The van der Waals surface area contributed by atoms with Crippen LogP contribution in [0.3, 0.4) is 0 Å². The number of hydrogen-bond donors (Lipinski definition) is 0. The van der Waals surface area contributed by atoms with Gasteiger partial charge in [0, 0.05) is 12.1 Å². The lowest BCUT2D eigenvalue weighted by molar-refractivity contribution is 0.0929. The van der Waals surface area contributed by atoms with E-state index in [1.54, 1.807) is 0 Å². The van der Waals surface area contributed by atoms with Crippen molar-refractivity contribution in [1.29, 1.82) is 0 Å². The molecule has 1 unspecified atom stereocenters. The van der Waals surface area contributed by atoms with Crippen LogP contribution in [0, 0.1) is 0 Å². The summed E-state index contributed by atoms with van der Waals surface area (Å²) in [7, 11) is 0. The van der Waals surface area contributed by atoms with E-state index in [4.69, 9.17) is 0 Å². The fourth-order valence-corrected chi connectivity index (χ4v) is 3.36. The SMILES string of the molecule is C=C1C(=O)c2ccccc2C2Cc3ccccc3CN12. The van der Waals surface area contributed by atoms with E-state index in [1.807, 2.05) is 18.2 Å². The molecule has 0 bridgehead atoms. The number of ketones is 1. The molecule has 0 radical (unpaired) electrons. The minimum Gasteiger partial charge on any atom is -0.357 e. The van der Waals surface area contributed by atoms with Gasteiger partial charge in [-0.15, -0.1) is 0 Å². The summed E-state index contributed by atoms with van der Waals surface area (Å²) in [5.74, 6) is 0.0660. The topological polar surface area (TPSA) is 20.3 Å². The average Bonchev–Trinajstić information content (AvgIpc) is 2.51. The van der Waals surface area contributed by atoms with E-state index < -0.39 is 0 Å². The third-order valence-corrected chi connectivity index (χ3v) is 4.42. The lowest BCUT2D eigenvalue weighted by Gasteiger charge is -2.43. The molecule has 0 N–H and O–H groups in total. The van der Waals surface area contributed by atoms with E-state index in [-0.39, 0.29) is 11.8 Å². The Morgan fingerprint density at radius 3 is 2.55 bits per heavy atom. The van der Waals surface area contributed by atoms with Crippen molar-refractivity contribution < 1.29 is 4.79 Å². The van der Waals surface area contributed by atoms with E-state index in [1.165, 1.54) is 11.1 Å². The van der Waals surface area contributed by atoms with Crippen LogP contribution in [-0.2, 0) is 13.0 Å². The van der Waals surface area contributed by atoms with Crippen molar-refractivity contribution in [3.8, 4) is 0 Å². The minimum absolute atomic E-state index is 0.0660. The second kappa shape index (κ2) is 4.07. The molecule has 2 heterocycles. The predicted octanol–water partition coefficient (Wildman–Crippen LogP) is 3.50. The molecular formula is C18H15NO. The molecule has 2 aromatic rings. The molecule has 0 aromatic heterocycles. The van der Waals surface area contributed by atoms with Crippen LogP contribution in [-0.4, -0.2) is 10.7 Å². The van der Waals surface area contributed by atoms with Gasteiger partial charge in [-0.2, -0.15) is 0 Å². The van der Waals surface area contributed by atoms with Crippen molar-refractivity contribution in [1.82, 2.24) is 4.90 Å². The maximum atomic E-state index is 12.4.